The SMILES string of the molecule is C=CCN(CCCOC)CCC1COC2(CCC(C(C)(C)CC(C)C)CC2)O1. The van der Waals surface area contributed by atoms with Gasteiger partial charge < -0.3 is 14.2 Å². The molecular weight excluding hydrogens is 350 g/mol. The molecule has 1 aliphatic carbocycles. The molecule has 1 spiro atoms. The summed E-state index contributed by atoms with van der Waals surface area (Å²) in [4.78, 5) is 2.44. The first-order valence-electron chi connectivity index (χ1n) is 11.4. The van der Waals surface area contributed by atoms with Crippen molar-refractivity contribution in [2.45, 2.75) is 84.5 Å². The van der Waals surface area contributed by atoms with E-state index in [1.165, 1.54) is 19.3 Å². The van der Waals surface area contributed by atoms with E-state index < -0.39 is 0 Å². The Bertz CT molecular complexity index is 455. The van der Waals surface area contributed by atoms with E-state index in [1.807, 2.05) is 6.08 Å². The lowest BCUT2D eigenvalue weighted by Crippen LogP contribution is -2.40. The quantitative estimate of drug-likeness (QED) is 0.332. The van der Waals surface area contributed by atoms with Gasteiger partial charge in [-0.3, -0.25) is 4.90 Å². The van der Waals surface area contributed by atoms with Crippen LogP contribution in [-0.2, 0) is 14.2 Å². The molecule has 4 nitrogen and oxygen atoms in total. The molecule has 0 aromatic carbocycles. The molecule has 0 aromatic heterocycles. The first-order valence-corrected chi connectivity index (χ1v) is 11.4. The van der Waals surface area contributed by atoms with Gasteiger partial charge in [-0.25, -0.2) is 0 Å². The van der Waals surface area contributed by atoms with Gasteiger partial charge in [0.05, 0.1) is 12.7 Å². The summed E-state index contributed by atoms with van der Waals surface area (Å²) in [7, 11) is 1.76. The van der Waals surface area contributed by atoms with E-state index in [0.717, 1.165) is 70.4 Å². The van der Waals surface area contributed by atoms with Gasteiger partial charge in [0.15, 0.2) is 5.79 Å². The molecule has 1 aliphatic heterocycles. The second-order valence-corrected chi connectivity index (χ2v) is 10.0. The normalized spacial score (nSPS) is 28.5. The maximum absolute atomic E-state index is 6.49. The van der Waals surface area contributed by atoms with Crippen molar-refractivity contribution in [3.63, 3.8) is 0 Å². The van der Waals surface area contributed by atoms with E-state index in [2.05, 4.69) is 39.2 Å². The maximum atomic E-state index is 6.49. The van der Waals surface area contributed by atoms with E-state index in [9.17, 15) is 0 Å². The molecule has 0 aromatic rings. The molecule has 1 saturated carbocycles. The molecule has 0 radical (unpaired) electrons. The van der Waals surface area contributed by atoms with Crippen molar-refractivity contribution in [2.75, 3.05) is 40.0 Å². The van der Waals surface area contributed by atoms with Gasteiger partial charge in [0.2, 0.25) is 0 Å². The second kappa shape index (κ2) is 11.1. The van der Waals surface area contributed by atoms with Crippen molar-refractivity contribution in [3.8, 4) is 0 Å². The first kappa shape index (κ1) is 23.9. The smallest absolute Gasteiger partial charge is 0.168 e. The zero-order valence-electron chi connectivity index (χ0n) is 19.2. The Morgan fingerprint density at radius 1 is 1.25 bits per heavy atom. The van der Waals surface area contributed by atoms with Crippen LogP contribution in [0.15, 0.2) is 12.7 Å². The number of hydrogen-bond donors (Lipinski definition) is 0. The third-order valence-corrected chi connectivity index (χ3v) is 6.68. The summed E-state index contributed by atoms with van der Waals surface area (Å²) in [6.07, 6.45) is 10.2. The van der Waals surface area contributed by atoms with Crippen LogP contribution in [0.4, 0.5) is 0 Å². The number of rotatable bonds is 12. The molecule has 1 saturated heterocycles. The first-order chi connectivity index (χ1) is 13.3. The molecule has 28 heavy (non-hydrogen) atoms. The summed E-state index contributed by atoms with van der Waals surface area (Å²) < 4.78 is 17.9. The summed E-state index contributed by atoms with van der Waals surface area (Å²) in [6, 6.07) is 0. The van der Waals surface area contributed by atoms with Crippen LogP contribution < -0.4 is 0 Å². The van der Waals surface area contributed by atoms with E-state index in [-0.39, 0.29) is 11.9 Å². The number of ether oxygens (including phenoxy) is 3. The Labute approximate surface area is 174 Å². The lowest BCUT2D eigenvalue weighted by Gasteiger charge is -2.43. The van der Waals surface area contributed by atoms with Crippen LogP contribution in [0.3, 0.4) is 0 Å². The molecule has 0 amide bonds. The Kier molecular flexibility index (Phi) is 9.46. The predicted molar refractivity (Wildman–Crippen MR) is 116 cm³/mol. The van der Waals surface area contributed by atoms with E-state index in [1.54, 1.807) is 7.11 Å². The fraction of sp³-hybridized carbons (Fsp3) is 0.917. The van der Waals surface area contributed by atoms with Crippen LogP contribution in [0.25, 0.3) is 0 Å². The Morgan fingerprint density at radius 3 is 2.57 bits per heavy atom. The highest BCUT2D eigenvalue weighted by atomic mass is 16.7. The summed E-state index contributed by atoms with van der Waals surface area (Å²) in [5.74, 6) is 1.25. The van der Waals surface area contributed by atoms with Gasteiger partial charge in [0.1, 0.15) is 0 Å². The monoisotopic (exact) mass is 395 g/mol. The molecule has 2 aliphatic rings. The highest BCUT2D eigenvalue weighted by molar-refractivity contribution is 4.90. The van der Waals surface area contributed by atoms with Gasteiger partial charge in [-0.05, 0) is 49.4 Å². The maximum Gasteiger partial charge on any atom is 0.168 e. The van der Waals surface area contributed by atoms with Crippen LogP contribution in [0, 0.1) is 17.3 Å². The summed E-state index contributed by atoms with van der Waals surface area (Å²) in [6.45, 7) is 18.0. The summed E-state index contributed by atoms with van der Waals surface area (Å²) >= 11 is 0. The van der Waals surface area contributed by atoms with Crippen molar-refractivity contribution in [1.82, 2.24) is 4.90 Å². The molecular formula is C24H45NO3. The molecule has 1 atom stereocenters. The van der Waals surface area contributed by atoms with E-state index in [4.69, 9.17) is 14.2 Å². The molecule has 0 bridgehead atoms. The Morgan fingerprint density at radius 2 is 1.96 bits per heavy atom. The molecule has 0 N–H and O–H groups in total. The van der Waals surface area contributed by atoms with Crippen molar-refractivity contribution in [1.29, 1.82) is 0 Å². The fourth-order valence-corrected chi connectivity index (χ4v) is 5.32. The minimum atomic E-state index is -0.297. The second-order valence-electron chi connectivity index (χ2n) is 10.0. The minimum Gasteiger partial charge on any atom is -0.385 e. The molecule has 1 heterocycles. The van der Waals surface area contributed by atoms with E-state index >= 15 is 0 Å². The largest absolute Gasteiger partial charge is 0.385 e. The van der Waals surface area contributed by atoms with Gasteiger partial charge in [0, 0.05) is 46.2 Å². The van der Waals surface area contributed by atoms with Crippen LogP contribution in [0.1, 0.15) is 72.6 Å². The average molecular weight is 396 g/mol. The fourth-order valence-electron chi connectivity index (χ4n) is 5.32. The van der Waals surface area contributed by atoms with Gasteiger partial charge in [0.25, 0.3) is 0 Å². The van der Waals surface area contributed by atoms with E-state index in [0.29, 0.717) is 5.41 Å². The average Bonchev–Trinajstić information content (AvgIpc) is 3.02. The van der Waals surface area contributed by atoms with Gasteiger partial charge in [-0.15, -0.1) is 6.58 Å². The highest BCUT2D eigenvalue weighted by Gasteiger charge is 2.46. The number of hydrogen-bond acceptors (Lipinski definition) is 4. The van der Waals surface area contributed by atoms with Crippen LogP contribution in [0.2, 0.25) is 0 Å². The van der Waals surface area contributed by atoms with Gasteiger partial charge in [-0.2, -0.15) is 0 Å². The third kappa shape index (κ3) is 7.12. The van der Waals surface area contributed by atoms with Crippen molar-refractivity contribution in [3.05, 3.63) is 12.7 Å². The van der Waals surface area contributed by atoms with Crippen molar-refractivity contribution >= 4 is 0 Å². The number of nitrogens with zero attached hydrogens (tertiary/aromatic N) is 1. The lowest BCUT2D eigenvalue weighted by atomic mass is 9.66. The topological polar surface area (TPSA) is 30.9 Å². The highest BCUT2D eigenvalue weighted by Crippen LogP contribution is 2.48. The summed E-state index contributed by atoms with van der Waals surface area (Å²) in [5, 5.41) is 0. The standard InChI is InChI=1S/C24H45NO3/c1-7-14-25(15-8-17-26-6)16-11-22-19-27-24(28-22)12-9-21(10-13-24)23(4,5)18-20(2)3/h7,20-22H,1,8-19H2,2-6H3. The minimum absolute atomic E-state index is 0.231. The van der Waals surface area contributed by atoms with Crippen molar-refractivity contribution < 1.29 is 14.2 Å². The van der Waals surface area contributed by atoms with Crippen LogP contribution in [-0.4, -0.2) is 56.7 Å². The molecule has 2 fully saturated rings. The zero-order chi connectivity index (χ0) is 20.6. The Hall–Kier alpha value is -0.420. The molecule has 2 rings (SSSR count). The molecule has 1 unspecified atom stereocenters. The third-order valence-electron chi connectivity index (χ3n) is 6.68. The zero-order valence-corrected chi connectivity index (χ0v) is 19.2. The summed E-state index contributed by atoms with van der Waals surface area (Å²) in [5.41, 5.74) is 0.418. The van der Waals surface area contributed by atoms with Crippen LogP contribution in [0.5, 0.6) is 0 Å². The van der Waals surface area contributed by atoms with Gasteiger partial charge in [-0.1, -0.05) is 33.8 Å². The Balaban J connectivity index is 1.76. The lowest BCUT2D eigenvalue weighted by molar-refractivity contribution is -0.198. The van der Waals surface area contributed by atoms with Crippen LogP contribution >= 0.6 is 0 Å². The molecule has 164 valence electrons. The van der Waals surface area contributed by atoms with Gasteiger partial charge >= 0.3 is 0 Å². The molecule has 4 heteroatoms. The predicted octanol–water partition coefficient (Wildman–Crippen LogP) is 5.28. The van der Waals surface area contributed by atoms with Crippen molar-refractivity contribution in [2.24, 2.45) is 17.3 Å². The number of methoxy groups -OCH3 is 1.